The van der Waals surface area contributed by atoms with Crippen molar-refractivity contribution >= 4 is 17.7 Å². The highest BCUT2D eigenvalue weighted by atomic mass is 16.5. The molecular weight excluding hydrogens is 250 g/mol. The van der Waals surface area contributed by atoms with Gasteiger partial charge in [0.1, 0.15) is 0 Å². The molecule has 7 heteroatoms. The molecule has 0 aromatic rings. The van der Waals surface area contributed by atoms with Crippen LogP contribution >= 0.6 is 0 Å². The lowest BCUT2D eigenvalue weighted by atomic mass is 10.0. The Balaban J connectivity index is 2.43. The Morgan fingerprint density at radius 1 is 1.53 bits per heavy atom. The summed E-state index contributed by atoms with van der Waals surface area (Å²) in [6, 6.07) is -0.974. The summed E-state index contributed by atoms with van der Waals surface area (Å²) in [5, 5.41) is 5.64. The molecule has 1 aliphatic heterocycles. The van der Waals surface area contributed by atoms with Gasteiger partial charge < -0.3 is 10.1 Å². The monoisotopic (exact) mass is 271 g/mol. The van der Waals surface area contributed by atoms with Crippen molar-refractivity contribution in [2.75, 3.05) is 27.3 Å². The van der Waals surface area contributed by atoms with Crippen LogP contribution in [0.25, 0.3) is 0 Å². The van der Waals surface area contributed by atoms with Gasteiger partial charge in [0.05, 0.1) is 18.7 Å². The predicted molar refractivity (Wildman–Crippen MR) is 68.3 cm³/mol. The van der Waals surface area contributed by atoms with E-state index in [0.29, 0.717) is 26.0 Å². The lowest BCUT2D eigenvalue weighted by Gasteiger charge is -2.30. The molecule has 0 saturated carbocycles. The van der Waals surface area contributed by atoms with E-state index in [-0.39, 0.29) is 17.7 Å². The number of imide groups is 1. The summed E-state index contributed by atoms with van der Waals surface area (Å²) in [5.41, 5.74) is 0. The summed E-state index contributed by atoms with van der Waals surface area (Å²) in [7, 11) is 3.02. The van der Waals surface area contributed by atoms with Crippen molar-refractivity contribution < 1.29 is 19.1 Å². The third kappa shape index (κ3) is 4.29. The Morgan fingerprint density at radius 2 is 2.21 bits per heavy atom. The van der Waals surface area contributed by atoms with Crippen LogP contribution in [0, 0.1) is 0 Å². The number of nitrogens with one attached hydrogen (secondary N) is 2. The first-order valence-corrected chi connectivity index (χ1v) is 6.30. The number of likely N-dealkylation sites (N-methyl/N-ethyl adjacent to an activating group) is 1. The second-order valence-electron chi connectivity index (χ2n) is 4.55. The minimum atomic E-state index is -0.493. The average Bonchev–Trinajstić information content (AvgIpc) is 2.39. The molecule has 1 rings (SSSR count). The number of rotatable bonds is 6. The van der Waals surface area contributed by atoms with Crippen molar-refractivity contribution in [1.82, 2.24) is 15.5 Å². The van der Waals surface area contributed by atoms with Gasteiger partial charge in [0.15, 0.2) is 0 Å². The molecule has 2 N–H and O–H groups in total. The highest BCUT2D eigenvalue weighted by molar-refractivity contribution is 6.00. The van der Waals surface area contributed by atoms with Gasteiger partial charge in [0, 0.05) is 27.1 Å². The summed E-state index contributed by atoms with van der Waals surface area (Å²) < 4.78 is 4.83. The third-order valence-electron chi connectivity index (χ3n) is 3.10. The Bertz CT molecular complexity index is 359. The van der Waals surface area contributed by atoms with Crippen LogP contribution in [0.5, 0.6) is 0 Å². The van der Waals surface area contributed by atoms with Gasteiger partial charge in [-0.25, -0.2) is 0 Å². The fourth-order valence-electron chi connectivity index (χ4n) is 1.88. The Labute approximate surface area is 112 Å². The van der Waals surface area contributed by atoms with E-state index >= 15 is 0 Å². The first-order chi connectivity index (χ1) is 8.97. The van der Waals surface area contributed by atoms with E-state index in [2.05, 4.69) is 10.6 Å². The number of likely N-dealkylation sites (tertiary alicyclic amines) is 1. The highest BCUT2D eigenvalue weighted by Crippen LogP contribution is 2.11. The Hall–Kier alpha value is -1.47. The molecule has 7 nitrogen and oxygen atoms in total. The van der Waals surface area contributed by atoms with E-state index in [4.69, 9.17) is 4.74 Å². The molecule has 1 heterocycles. The van der Waals surface area contributed by atoms with E-state index in [1.807, 2.05) is 0 Å². The maximum absolute atomic E-state index is 11.8. The van der Waals surface area contributed by atoms with Gasteiger partial charge in [-0.2, -0.15) is 0 Å². The molecule has 0 radical (unpaired) electrons. The maximum Gasteiger partial charge on any atom is 0.246 e. The van der Waals surface area contributed by atoms with E-state index in [9.17, 15) is 14.4 Å². The minimum Gasteiger partial charge on any atom is -0.383 e. The van der Waals surface area contributed by atoms with Gasteiger partial charge >= 0.3 is 0 Å². The fraction of sp³-hybridized carbons (Fsp3) is 0.750. The van der Waals surface area contributed by atoms with E-state index in [0.717, 1.165) is 4.90 Å². The molecule has 0 bridgehead atoms. The van der Waals surface area contributed by atoms with E-state index < -0.39 is 12.1 Å². The zero-order chi connectivity index (χ0) is 14.4. The van der Waals surface area contributed by atoms with Crippen molar-refractivity contribution in [3.8, 4) is 0 Å². The summed E-state index contributed by atoms with van der Waals surface area (Å²) in [5.74, 6) is -0.655. The average molecular weight is 271 g/mol. The van der Waals surface area contributed by atoms with E-state index in [1.165, 1.54) is 7.05 Å². The SMILES string of the molecule is COCCNC(=O)C(C)NC1CCC(=O)N(C)C1=O. The van der Waals surface area contributed by atoms with Crippen molar-refractivity contribution in [2.45, 2.75) is 31.8 Å². The number of amides is 3. The standard InChI is InChI=1S/C12H21N3O4/c1-8(11(17)13-6-7-19-3)14-9-4-5-10(16)15(2)12(9)18/h8-9,14H,4-7H2,1-3H3,(H,13,17). The molecular formula is C12H21N3O4. The summed E-state index contributed by atoms with van der Waals surface area (Å²) >= 11 is 0. The third-order valence-corrected chi connectivity index (χ3v) is 3.10. The molecule has 1 fully saturated rings. The van der Waals surface area contributed by atoms with Crippen molar-refractivity contribution in [2.24, 2.45) is 0 Å². The second-order valence-corrected chi connectivity index (χ2v) is 4.55. The zero-order valence-electron chi connectivity index (χ0n) is 11.6. The number of hydrogen-bond acceptors (Lipinski definition) is 5. The molecule has 2 unspecified atom stereocenters. The topological polar surface area (TPSA) is 87.7 Å². The molecule has 108 valence electrons. The van der Waals surface area contributed by atoms with Gasteiger partial charge in [-0.15, -0.1) is 0 Å². The molecule has 0 aliphatic carbocycles. The van der Waals surface area contributed by atoms with Crippen LogP contribution in [-0.4, -0.2) is 62.0 Å². The number of carbonyl (C=O) groups excluding carboxylic acids is 3. The van der Waals surface area contributed by atoms with Gasteiger partial charge in [-0.05, 0) is 13.3 Å². The van der Waals surface area contributed by atoms with Crippen LogP contribution in [0.1, 0.15) is 19.8 Å². The molecule has 0 aromatic heterocycles. The van der Waals surface area contributed by atoms with Crippen LogP contribution in [0.15, 0.2) is 0 Å². The fourth-order valence-corrected chi connectivity index (χ4v) is 1.88. The molecule has 0 spiro atoms. The number of piperidine rings is 1. The Kier molecular flexibility index (Phi) is 5.91. The lowest BCUT2D eigenvalue weighted by Crippen LogP contribution is -2.56. The molecule has 19 heavy (non-hydrogen) atoms. The van der Waals surface area contributed by atoms with Crippen molar-refractivity contribution in [1.29, 1.82) is 0 Å². The summed E-state index contributed by atoms with van der Waals surface area (Å²) in [4.78, 5) is 36.0. The van der Waals surface area contributed by atoms with Gasteiger partial charge in [-0.1, -0.05) is 0 Å². The van der Waals surface area contributed by atoms with Crippen LogP contribution in [0.3, 0.4) is 0 Å². The van der Waals surface area contributed by atoms with Gasteiger partial charge in [0.25, 0.3) is 0 Å². The first-order valence-electron chi connectivity index (χ1n) is 6.30. The number of ether oxygens (including phenoxy) is 1. The predicted octanol–water partition coefficient (Wildman–Crippen LogP) is -1.13. The number of carbonyl (C=O) groups is 3. The van der Waals surface area contributed by atoms with Crippen LogP contribution < -0.4 is 10.6 Å². The summed E-state index contributed by atoms with van der Waals surface area (Å²) in [6.07, 6.45) is 0.746. The highest BCUT2D eigenvalue weighted by Gasteiger charge is 2.33. The minimum absolute atomic E-state index is 0.180. The lowest BCUT2D eigenvalue weighted by molar-refractivity contribution is -0.148. The Morgan fingerprint density at radius 3 is 2.84 bits per heavy atom. The molecule has 3 amide bonds. The number of methoxy groups -OCH3 is 1. The quantitative estimate of drug-likeness (QED) is 0.472. The van der Waals surface area contributed by atoms with Crippen LogP contribution in [0.2, 0.25) is 0 Å². The van der Waals surface area contributed by atoms with Crippen LogP contribution in [-0.2, 0) is 19.1 Å². The smallest absolute Gasteiger partial charge is 0.246 e. The summed E-state index contributed by atoms with van der Waals surface area (Å²) in [6.45, 7) is 2.56. The molecule has 1 aliphatic rings. The molecule has 1 saturated heterocycles. The zero-order valence-corrected chi connectivity index (χ0v) is 11.6. The van der Waals surface area contributed by atoms with E-state index in [1.54, 1.807) is 14.0 Å². The second kappa shape index (κ2) is 7.20. The van der Waals surface area contributed by atoms with Crippen LogP contribution in [0.4, 0.5) is 0 Å². The van der Waals surface area contributed by atoms with Gasteiger partial charge in [0.2, 0.25) is 17.7 Å². The van der Waals surface area contributed by atoms with Crippen molar-refractivity contribution in [3.05, 3.63) is 0 Å². The molecule has 2 atom stereocenters. The largest absolute Gasteiger partial charge is 0.383 e. The normalized spacial score (nSPS) is 21.4. The van der Waals surface area contributed by atoms with Gasteiger partial charge in [-0.3, -0.25) is 24.6 Å². The van der Waals surface area contributed by atoms with Crippen molar-refractivity contribution in [3.63, 3.8) is 0 Å². The molecule has 0 aromatic carbocycles. The number of nitrogens with zero attached hydrogens (tertiary/aromatic N) is 1. The maximum atomic E-state index is 11.8. The first kappa shape index (κ1) is 15.6. The number of hydrogen-bond donors (Lipinski definition) is 2.